The summed E-state index contributed by atoms with van der Waals surface area (Å²) in [6, 6.07) is 19.0. The van der Waals surface area contributed by atoms with Crippen molar-refractivity contribution in [3.8, 4) is 0 Å². The fourth-order valence-electron chi connectivity index (χ4n) is 4.30. The molecule has 3 aromatic rings. The molecule has 1 aliphatic heterocycles. The highest BCUT2D eigenvalue weighted by Gasteiger charge is 2.24. The van der Waals surface area contributed by atoms with Crippen LogP contribution in [0.2, 0.25) is 0 Å². The van der Waals surface area contributed by atoms with Crippen molar-refractivity contribution in [1.82, 2.24) is 4.31 Å². The summed E-state index contributed by atoms with van der Waals surface area (Å²) in [6.07, 6.45) is 0.195. The van der Waals surface area contributed by atoms with Crippen molar-refractivity contribution in [1.29, 1.82) is 0 Å². The highest BCUT2D eigenvalue weighted by molar-refractivity contribution is 7.89. The number of hydrogen-bond donors (Lipinski definition) is 1. The summed E-state index contributed by atoms with van der Waals surface area (Å²) in [6.45, 7) is 6.92. The SMILES string of the molecule is CCN(CC)S(=O)(=O)c1ccc(N2CCOCC2)c(NC(=O)Cc2ccc3ccccc3c2)c1. The Morgan fingerprint density at radius 1 is 0.971 bits per heavy atom. The Hall–Kier alpha value is -2.94. The van der Waals surface area contributed by atoms with Gasteiger partial charge in [0.1, 0.15) is 0 Å². The van der Waals surface area contributed by atoms with E-state index in [1.54, 1.807) is 18.2 Å². The summed E-state index contributed by atoms with van der Waals surface area (Å²) < 4.78 is 33.1. The molecule has 0 saturated carbocycles. The second-order valence-electron chi connectivity index (χ2n) is 8.27. The van der Waals surface area contributed by atoms with E-state index in [4.69, 9.17) is 4.74 Å². The summed E-state index contributed by atoms with van der Waals surface area (Å²) in [5, 5.41) is 5.19. The summed E-state index contributed by atoms with van der Waals surface area (Å²) in [5.41, 5.74) is 2.20. The van der Waals surface area contributed by atoms with Crippen LogP contribution in [-0.2, 0) is 26.0 Å². The second kappa shape index (κ2) is 10.5. The third kappa shape index (κ3) is 5.24. The van der Waals surface area contributed by atoms with Crippen LogP contribution >= 0.6 is 0 Å². The molecule has 1 heterocycles. The Bertz CT molecular complexity index is 1270. The third-order valence-electron chi connectivity index (χ3n) is 6.12. The first-order valence-electron chi connectivity index (χ1n) is 11.7. The molecule has 1 N–H and O–H groups in total. The maximum Gasteiger partial charge on any atom is 0.243 e. The lowest BCUT2D eigenvalue weighted by molar-refractivity contribution is -0.115. The standard InChI is InChI=1S/C26H31N3O4S/c1-3-29(4-2)34(31,32)23-11-12-25(28-13-15-33-16-14-28)24(19-23)27-26(30)18-20-9-10-21-7-5-6-8-22(21)17-20/h5-12,17,19H,3-4,13-16,18H2,1-2H3,(H,27,30). The number of amides is 1. The van der Waals surface area contributed by atoms with Crippen LogP contribution in [0.1, 0.15) is 19.4 Å². The maximum absolute atomic E-state index is 13.1. The number of rotatable bonds is 8. The van der Waals surface area contributed by atoms with E-state index in [1.165, 1.54) is 4.31 Å². The van der Waals surface area contributed by atoms with Crippen molar-refractivity contribution in [2.45, 2.75) is 25.2 Å². The third-order valence-corrected chi connectivity index (χ3v) is 8.16. The first-order valence-corrected chi connectivity index (χ1v) is 13.1. The van der Waals surface area contributed by atoms with Crippen LogP contribution in [-0.4, -0.2) is 58.0 Å². The van der Waals surface area contributed by atoms with E-state index in [0.717, 1.165) is 22.0 Å². The van der Waals surface area contributed by atoms with Crippen molar-refractivity contribution < 1.29 is 17.9 Å². The van der Waals surface area contributed by atoms with E-state index in [1.807, 2.05) is 56.3 Å². The summed E-state index contributed by atoms with van der Waals surface area (Å²) in [5.74, 6) is -0.192. The van der Waals surface area contributed by atoms with Crippen LogP contribution in [0.3, 0.4) is 0 Å². The molecule has 0 radical (unpaired) electrons. The molecule has 1 saturated heterocycles. The molecule has 0 atom stereocenters. The number of morpholine rings is 1. The molecule has 1 aliphatic rings. The molecule has 1 amide bonds. The van der Waals surface area contributed by atoms with E-state index in [2.05, 4.69) is 10.2 Å². The van der Waals surface area contributed by atoms with Gasteiger partial charge in [0.05, 0.1) is 35.9 Å². The molecule has 3 aromatic carbocycles. The summed E-state index contributed by atoms with van der Waals surface area (Å²) in [4.78, 5) is 15.3. The minimum Gasteiger partial charge on any atom is -0.378 e. The molecule has 180 valence electrons. The van der Waals surface area contributed by atoms with Gasteiger partial charge in [0.15, 0.2) is 0 Å². The van der Waals surface area contributed by atoms with Crippen molar-refractivity contribution in [3.05, 3.63) is 66.2 Å². The van der Waals surface area contributed by atoms with Crippen LogP contribution in [0, 0.1) is 0 Å². The minimum atomic E-state index is -3.65. The molecule has 0 aliphatic carbocycles. The molecule has 34 heavy (non-hydrogen) atoms. The second-order valence-corrected chi connectivity index (χ2v) is 10.2. The van der Waals surface area contributed by atoms with Crippen molar-refractivity contribution in [2.24, 2.45) is 0 Å². The average Bonchev–Trinajstić information content (AvgIpc) is 2.85. The quantitative estimate of drug-likeness (QED) is 0.528. The van der Waals surface area contributed by atoms with Gasteiger partial charge >= 0.3 is 0 Å². The zero-order valence-corrected chi connectivity index (χ0v) is 20.5. The number of sulfonamides is 1. The number of fused-ring (bicyclic) bond motifs is 1. The van der Waals surface area contributed by atoms with E-state index in [0.29, 0.717) is 45.1 Å². The van der Waals surface area contributed by atoms with Gasteiger partial charge in [-0.3, -0.25) is 4.79 Å². The number of carbonyl (C=O) groups excluding carboxylic acids is 1. The maximum atomic E-state index is 13.1. The molecule has 0 bridgehead atoms. The molecule has 1 fully saturated rings. The summed E-state index contributed by atoms with van der Waals surface area (Å²) in [7, 11) is -3.65. The first-order chi connectivity index (χ1) is 16.4. The average molecular weight is 482 g/mol. The molecule has 0 aromatic heterocycles. The minimum absolute atomic E-state index is 0.175. The monoisotopic (exact) mass is 481 g/mol. The predicted molar refractivity (Wildman–Crippen MR) is 136 cm³/mol. The molecule has 0 spiro atoms. The largest absolute Gasteiger partial charge is 0.378 e. The van der Waals surface area contributed by atoms with Crippen LogP contribution in [0.25, 0.3) is 10.8 Å². The van der Waals surface area contributed by atoms with Gasteiger partial charge in [0.25, 0.3) is 0 Å². The molecule has 8 heteroatoms. The fourth-order valence-corrected chi connectivity index (χ4v) is 5.78. The molecular weight excluding hydrogens is 450 g/mol. The number of ether oxygens (including phenoxy) is 1. The molecular formula is C26H31N3O4S. The number of nitrogens with one attached hydrogen (secondary N) is 1. The highest BCUT2D eigenvalue weighted by atomic mass is 32.2. The van der Waals surface area contributed by atoms with Gasteiger partial charge in [-0.15, -0.1) is 0 Å². The van der Waals surface area contributed by atoms with Gasteiger partial charge in [0, 0.05) is 26.2 Å². The molecule has 0 unspecified atom stereocenters. The lowest BCUT2D eigenvalue weighted by Crippen LogP contribution is -2.37. The van der Waals surface area contributed by atoms with Gasteiger partial charge in [-0.1, -0.05) is 56.3 Å². The number of benzene rings is 3. The van der Waals surface area contributed by atoms with E-state index in [-0.39, 0.29) is 17.2 Å². The van der Waals surface area contributed by atoms with Crippen molar-refractivity contribution >= 4 is 38.1 Å². The van der Waals surface area contributed by atoms with Gasteiger partial charge in [-0.2, -0.15) is 4.31 Å². The zero-order valence-electron chi connectivity index (χ0n) is 19.7. The van der Waals surface area contributed by atoms with Crippen molar-refractivity contribution in [3.63, 3.8) is 0 Å². The first kappa shape index (κ1) is 24.2. The number of anilines is 2. The van der Waals surface area contributed by atoms with Crippen LogP contribution in [0.15, 0.2) is 65.6 Å². The Labute approximate surface area is 201 Å². The van der Waals surface area contributed by atoms with E-state index >= 15 is 0 Å². The smallest absolute Gasteiger partial charge is 0.243 e. The Kier molecular flexibility index (Phi) is 7.50. The lowest BCUT2D eigenvalue weighted by Gasteiger charge is -2.31. The molecule has 7 nitrogen and oxygen atoms in total. The van der Waals surface area contributed by atoms with Crippen LogP contribution in [0.4, 0.5) is 11.4 Å². The van der Waals surface area contributed by atoms with E-state index < -0.39 is 10.0 Å². The highest BCUT2D eigenvalue weighted by Crippen LogP contribution is 2.31. The van der Waals surface area contributed by atoms with Crippen molar-refractivity contribution in [2.75, 3.05) is 49.6 Å². The van der Waals surface area contributed by atoms with Gasteiger partial charge in [-0.25, -0.2) is 8.42 Å². The predicted octanol–water partition coefficient (Wildman–Crippen LogP) is 3.89. The van der Waals surface area contributed by atoms with Gasteiger partial charge in [0.2, 0.25) is 15.9 Å². The van der Waals surface area contributed by atoms with Crippen LogP contribution < -0.4 is 10.2 Å². The topological polar surface area (TPSA) is 79.0 Å². The van der Waals surface area contributed by atoms with Gasteiger partial charge in [-0.05, 0) is 34.5 Å². The Balaban J connectivity index is 1.63. The number of carbonyl (C=O) groups is 1. The zero-order chi connectivity index (χ0) is 24.1. The fraction of sp³-hybridized carbons (Fsp3) is 0.346. The molecule has 4 rings (SSSR count). The summed E-state index contributed by atoms with van der Waals surface area (Å²) >= 11 is 0. The normalized spacial score (nSPS) is 14.5. The Morgan fingerprint density at radius 2 is 1.68 bits per heavy atom. The van der Waals surface area contributed by atoms with Crippen LogP contribution in [0.5, 0.6) is 0 Å². The lowest BCUT2D eigenvalue weighted by atomic mass is 10.0. The number of hydrogen-bond acceptors (Lipinski definition) is 5. The number of nitrogens with zero attached hydrogens (tertiary/aromatic N) is 2. The van der Waals surface area contributed by atoms with Gasteiger partial charge < -0.3 is 15.0 Å². The van der Waals surface area contributed by atoms with E-state index in [9.17, 15) is 13.2 Å². The Morgan fingerprint density at radius 3 is 2.38 bits per heavy atom.